The average Bonchev–Trinajstić information content (AvgIpc) is 2.38. The van der Waals surface area contributed by atoms with Gasteiger partial charge >= 0.3 is 0 Å². The molecule has 2 aromatic rings. The first-order valence-corrected chi connectivity index (χ1v) is 6.37. The predicted molar refractivity (Wildman–Crippen MR) is 70.9 cm³/mol. The van der Waals surface area contributed by atoms with Crippen LogP contribution in [0.2, 0.25) is 0 Å². The van der Waals surface area contributed by atoms with Crippen molar-refractivity contribution in [3.05, 3.63) is 54.0 Å². The zero-order valence-electron chi connectivity index (χ0n) is 9.71. The van der Waals surface area contributed by atoms with Crippen molar-refractivity contribution in [2.75, 3.05) is 6.54 Å². The lowest BCUT2D eigenvalue weighted by Gasteiger charge is -2.14. The Labute approximate surface area is 105 Å². The summed E-state index contributed by atoms with van der Waals surface area (Å²) in [5.74, 6) is 0. The molecule has 0 aliphatic carbocycles. The van der Waals surface area contributed by atoms with Crippen LogP contribution in [0.1, 0.15) is 16.4 Å². The van der Waals surface area contributed by atoms with Crippen LogP contribution < -0.4 is 5.73 Å². The SMILES string of the molecule is Cc1ccc(C(CN)Sc2cnccn2)cc1. The molecule has 2 rings (SSSR count). The molecule has 0 spiro atoms. The van der Waals surface area contributed by atoms with Gasteiger partial charge in [-0.2, -0.15) is 0 Å². The maximum absolute atomic E-state index is 5.82. The van der Waals surface area contributed by atoms with Gasteiger partial charge in [0.05, 0.1) is 6.20 Å². The second-order valence-electron chi connectivity index (χ2n) is 3.80. The van der Waals surface area contributed by atoms with Gasteiger partial charge in [0.2, 0.25) is 0 Å². The summed E-state index contributed by atoms with van der Waals surface area (Å²) in [6.07, 6.45) is 5.14. The van der Waals surface area contributed by atoms with Crippen molar-refractivity contribution < 1.29 is 0 Å². The van der Waals surface area contributed by atoms with Crippen molar-refractivity contribution in [2.24, 2.45) is 5.73 Å². The van der Waals surface area contributed by atoms with Gasteiger partial charge in [-0.25, -0.2) is 4.98 Å². The van der Waals surface area contributed by atoms with Crippen LogP contribution in [0.15, 0.2) is 47.9 Å². The second-order valence-corrected chi connectivity index (χ2v) is 5.02. The minimum absolute atomic E-state index is 0.229. The molecule has 2 N–H and O–H groups in total. The van der Waals surface area contributed by atoms with Crippen LogP contribution in [-0.2, 0) is 0 Å². The molecule has 1 unspecified atom stereocenters. The zero-order chi connectivity index (χ0) is 12.1. The number of aryl methyl sites for hydroxylation is 1. The molecule has 3 nitrogen and oxygen atoms in total. The highest BCUT2D eigenvalue weighted by Gasteiger charge is 2.11. The number of aromatic nitrogens is 2. The standard InChI is InChI=1S/C13H15N3S/c1-10-2-4-11(5-3-10)12(8-14)17-13-9-15-6-7-16-13/h2-7,9,12H,8,14H2,1H3. The van der Waals surface area contributed by atoms with Gasteiger partial charge in [0, 0.05) is 24.2 Å². The summed E-state index contributed by atoms with van der Waals surface area (Å²) in [6.45, 7) is 2.67. The predicted octanol–water partition coefficient (Wildman–Crippen LogP) is 2.58. The molecule has 0 saturated carbocycles. The molecule has 1 aromatic heterocycles. The van der Waals surface area contributed by atoms with Crippen LogP contribution >= 0.6 is 11.8 Å². The maximum atomic E-state index is 5.82. The molecule has 0 amide bonds. The molecular formula is C13H15N3S. The third-order valence-corrected chi connectivity index (χ3v) is 3.67. The Morgan fingerprint density at radius 2 is 2.00 bits per heavy atom. The lowest BCUT2D eigenvalue weighted by molar-refractivity contribution is 0.930. The molecule has 0 bridgehead atoms. The molecule has 1 aromatic carbocycles. The number of nitrogens with zero attached hydrogens (tertiary/aromatic N) is 2. The average molecular weight is 245 g/mol. The van der Waals surface area contributed by atoms with Crippen LogP contribution in [0.3, 0.4) is 0 Å². The zero-order valence-corrected chi connectivity index (χ0v) is 10.5. The number of thioether (sulfide) groups is 1. The van der Waals surface area contributed by atoms with Gasteiger partial charge < -0.3 is 5.73 Å². The summed E-state index contributed by atoms with van der Waals surface area (Å²) in [4.78, 5) is 8.31. The van der Waals surface area contributed by atoms with E-state index in [-0.39, 0.29) is 5.25 Å². The first kappa shape index (κ1) is 12.1. The smallest absolute Gasteiger partial charge is 0.115 e. The van der Waals surface area contributed by atoms with E-state index < -0.39 is 0 Å². The van der Waals surface area contributed by atoms with Crippen molar-refractivity contribution >= 4 is 11.8 Å². The Bertz CT molecular complexity index is 456. The molecule has 0 saturated heterocycles. The highest BCUT2D eigenvalue weighted by molar-refractivity contribution is 7.99. The number of hydrogen-bond acceptors (Lipinski definition) is 4. The minimum atomic E-state index is 0.229. The first-order chi connectivity index (χ1) is 8.29. The summed E-state index contributed by atoms with van der Waals surface area (Å²) in [6, 6.07) is 8.46. The lowest BCUT2D eigenvalue weighted by Crippen LogP contribution is -2.09. The monoisotopic (exact) mass is 245 g/mol. The lowest BCUT2D eigenvalue weighted by atomic mass is 10.1. The summed E-state index contributed by atoms with van der Waals surface area (Å²) in [7, 11) is 0. The molecule has 4 heteroatoms. The molecule has 1 heterocycles. The molecule has 0 fully saturated rings. The van der Waals surface area contributed by atoms with Crippen LogP contribution in [0.4, 0.5) is 0 Å². The van der Waals surface area contributed by atoms with Crippen molar-refractivity contribution in [1.29, 1.82) is 0 Å². The fourth-order valence-corrected chi connectivity index (χ4v) is 2.45. The van der Waals surface area contributed by atoms with Crippen molar-refractivity contribution in [3.8, 4) is 0 Å². The molecule has 0 aliphatic heterocycles. The fourth-order valence-electron chi connectivity index (χ4n) is 1.53. The Morgan fingerprint density at radius 3 is 2.59 bits per heavy atom. The quantitative estimate of drug-likeness (QED) is 0.841. The van der Waals surface area contributed by atoms with E-state index in [9.17, 15) is 0 Å². The first-order valence-electron chi connectivity index (χ1n) is 5.49. The van der Waals surface area contributed by atoms with Gasteiger partial charge in [-0.05, 0) is 12.5 Å². The van der Waals surface area contributed by atoms with E-state index in [1.165, 1.54) is 11.1 Å². The van der Waals surface area contributed by atoms with Crippen LogP contribution in [0.5, 0.6) is 0 Å². The molecule has 0 radical (unpaired) electrons. The van der Waals surface area contributed by atoms with E-state index in [0.29, 0.717) is 6.54 Å². The van der Waals surface area contributed by atoms with E-state index in [4.69, 9.17) is 5.73 Å². The maximum Gasteiger partial charge on any atom is 0.115 e. The second kappa shape index (κ2) is 5.80. The Morgan fingerprint density at radius 1 is 1.24 bits per heavy atom. The molecule has 1 atom stereocenters. The van der Waals surface area contributed by atoms with Crippen LogP contribution in [0.25, 0.3) is 0 Å². The summed E-state index contributed by atoms with van der Waals surface area (Å²) >= 11 is 1.65. The molecule has 17 heavy (non-hydrogen) atoms. The minimum Gasteiger partial charge on any atom is -0.329 e. The Kier molecular flexibility index (Phi) is 4.12. The molecule has 0 aliphatic rings. The van der Waals surface area contributed by atoms with E-state index in [1.54, 1.807) is 30.4 Å². The van der Waals surface area contributed by atoms with E-state index in [1.807, 2.05) is 0 Å². The normalized spacial score (nSPS) is 12.4. The highest BCUT2D eigenvalue weighted by atomic mass is 32.2. The Hall–Kier alpha value is -1.39. The van der Waals surface area contributed by atoms with Gasteiger partial charge in [-0.1, -0.05) is 41.6 Å². The number of rotatable bonds is 4. The topological polar surface area (TPSA) is 51.8 Å². The number of benzene rings is 1. The van der Waals surface area contributed by atoms with E-state index >= 15 is 0 Å². The summed E-state index contributed by atoms with van der Waals surface area (Å²) < 4.78 is 0. The van der Waals surface area contributed by atoms with E-state index in [2.05, 4.69) is 41.2 Å². The summed E-state index contributed by atoms with van der Waals surface area (Å²) in [5.41, 5.74) is 8.31. The largest absolute Gasteiger partial charge is 0.329 e. The van der Waals surface area contributed by atoms with Crippen molar-refractivity contribution in [2.45, 2.75) is 17.2 Å². The number of hydrogen-bond donors (Lipinski definition) is 1. The van der Waals surface area contributed by atoms with Gasteiger partial charge in [0.15, 0.2) is 0 Å². The van der Waals surface area contributed by atoms with Gasteiger partial charge in [0.25, 0.3) is 0 Å². The van der Waals surface area contributed by atoms with Crippen LogP contribution in [0, 0.1) is 6.92 Å². The highest BCUT2D eigenvalue weighted by Crippen LogP contribution is 2.32. The van der Waals surface area contributed by atoms with Gasteiger partial charge in [0.1, 0.15) is 5.03 Å². The summed E-state index contributed by atoms with van der Waals surface area (Å²) in [5, 5.41) is 1.14. The van der Waals surface area contributed by atoms with Gasteiger partial charge in [-0.3, -0.25) is 4.98 Å². The molecule has 88 valence electrons. The van der Waals surface area contributed by atoms with Crippen LogP contribution in [-0.4, -0.2) is 16.5 Å². The molecular weight excluding hydrogens is 230 g/mol. The van der Waals surface area contributed by atoms with Gasteiger partial charge in [-0.15, -0.1) is 0 Å². The third kappa shape index (κ3) is 3.28. The Balaban J connectivity index is 2.14. The van der Waals surface area contributed by atoms with E-state index in [0.717, 1.165) is 5.03 Å². The van der Waals surface area contributed by atoms with Crippen molar-refractivity contribution in [1.82, 2.24) is 9.97 Å². The van der Waals surface area contributed by atoms with Crippen molar-refractivity contribution in [3.63, 3.8) is 0 Å². The number of nitrogens with two attached hydrogens (primary N) is 1. The third-order valence-electron chi connectivity index (χ3n) is 2.47. The fraction of sp³-hybridized carbons (Fsp3) is 0.231.